The van der Waals surface area contributed by atoms with Gasteiger partial charge in [0.25, 0.3) is 23.6 Å². The summed E-state index contributed by atoms with van der Waals surface area (Å²) in [5.41, 5.74) is 0.132. The highest BCUT2D eigenvalue weighted by molar-refractivity contribution is 8.77. The van der Waals surface area contributed by atoms with Crippen LogP contribution in [0.4, 0.5) is 9.59 Å². The van der Waals surface area contributed by atoms with Crippen molar-refractivity contribution in [3.63, 3.8) is 0 Å². The number of likely N-dealkylation sites (tertiary alicyclic amines) is 2. The molecule has 4 N–H and O–H groups in total. The first-order valence-electron chi connectivity index (χ1n) is 20.2. The van der Waals surface area contributed by atoms with Crippen LogP contribution in [0, 0.1) is 0 Å². The fourth-order valence-electron chi connectivity index (χ4n) is 6.89. The Balaban J connectivity index is 1.43. The third-order valence-corrected chi connectivity index (χ3v) is 13.2. The molecule has 2 aliphatic heterocycles. The number of ether oxygens (including phenoxy) is 4. The van der Waals surface area contributed by atoms with Gasteiger partial charge >= 0.3 is 12.2 Å². The Morgan fingerprint density at radius 2 is 0.891 bits per heavy atom. The maximum Gasteiger partial charge on any atom is 0.407 e. The van der Waals surface area contributed by atoms with E-state index in [1.165, 1.54) is 89.8 Å². The molecule has 0 aromatic heterocycles. The lowest BCUT2D eigenvalue weighted by molar-refractivity contribution is 0.0813. The minimum atomic E-state index is -1.16. The number of carbonyl (C=O) groups is 6. The van der Waals surface area contributed by atoms with E-state index in [0.29, 0.717) is 12.8 Å². The van der Waals surface area contributed by atoms with Crippen LogP contribution in [0.5, 0.6) is 23.0 Å². The Morgan fingerprint density at radius 3 is 1.16 bits per heavy atom. The first-order valence-corrected chi connectivity index (χ1v) is 22.4. The molecule has 0 radical (unpaired) electrons. The molecule has 2 aliphatic rings. The maximum atomic E-state index is 13.7. The average molecular weight is 925 g/mol. The Hall–Kier alpha value is -6.28. The molecule has 20 heteroatoms. The van der Waals surface area contributed by atoms with E-state index >= 15 is 0 Å². The standard InChI is InChI=1S/C44H56N6O12S2/c1-9-13-59-35-19-31(33(41(53)47(5)6)21-37(35)61-15-11-3)39(51)45-23-27-17-29(25-49(27)43(55)56)63-64-30-18-28(50(26-30)44(57)58)24-46-40(52)32-20-36(60-14-10-2)38(62-16-12-4)22-34(32)42(54)48(7)8/h9-12,19-22,27-30H,1-4,13-18,23-26H2,5-8H3,(H,45,51)(H,46,52)(H,55,56)(H,57,58). The van der Waals surface area contributed by atoms with Crippen LogP contribution in [-0.2, 0) is 0 Å². The number of nitrogens with zero attached hydrogens (tertiary/aromatic N) is 4. The number of nitrogens with one attached hydrogen (secondary N) is 2. The van der Waals surface area contributed by atoms with E-state index in [4.69, 9.17) is 18.9 Å². The topological polar surface area (TPSA) is 217 Å². The van der Waals surface area contributed by atoms with Crippen molar-refractivity contribution in [1.82, 2.24) is 30.2 Å². The summed E-state index contributed by atoms with van der Waals surface area (Å²) in [7, 11) is 9.06. The number of hydrogen-bond donors (Lipinski definition) is 4. The summed E-state index contributed by atoms with van der Waals surface area (Å²) < 4.78 is 22.9. The van der Waals surface area contributed by atoms with Gasteiger partial charge in [0.15, 0.2) is 23.0 Å². The van der Waals surface area contributed by atoms with Gasteiger partial charge in [-0.15, -0.1) is 0 Å². The fraction of sp³-hybridized carbons (Fsp3) is 0.409. The summed E-state index contributed by atoms with van der Waals surface area (Å²) in [6, 6.07) is 4.47. The summed E-state index contributed by atoms with van der Waals surface area (Å²) in [6.07, 6.45) is 4.53. The molecule has 0 aliphatic carbocycles. The van der Waals surface area contributed by atoms with Crippen molar-refractivity contribution in [2.24, 2.45) is 0 Å². The largest absolute Gasteiger partial charge is 0.486 e. The fourth-order valence-corrected chi connectivity index (χ4v) is 10.0. The molecule has 4 atom stereocenters. The lowest BCUT2D eigenvalue weighted by Gasteiger charge is -2.22. The second-order valence-corrected chi connectivity index (χ2v) is 17.9. The summed E-state index contributed by atoms with van der Waals surface area (Å²) >= 11 is 0. The number of carboxylic acid groups (broad SMARTS) is 2. The third kappa shape index (κ3) is 13.1. The van der Waals surface area contributed by atoms with E-state index in [1.807, 2.05) is 0 Å². The van der Waals surface area contributed by atoms with E-state index in [-0.39, 0.29) is 108 Å². The average Bonchev–Trinajstić information content (AvgIpc) is 3.90. The van der Waals surface area contributed by atoms with Crippen LogP contribution in [0.25, 0.3) is 0 Å². The molecule has 0 bridgehead atoms. The van der Waals surface area contributed by atoms with Crippen LogP contribution >= 0.6 is 21.6 Å². The van der Waals surface area contributed by atoms with Crippen LogP contribution in [0.3, 0.4) is 0 Å². The SMILES string of the molecule is C=CCOc1cc(C(=O)NCC2CC(SSC3CC(CNC(=O)c4cc(OCC=C)c(OCC=C)cc4C(=O)N(C)C)N(C(=O)O)C3)CN2C(=O)O)c(C(=O)N(C)C)cc1OCC=C. The van der Waals surface area contributed by atoms with E-state index in [0.717, 1.165) is 0 Å². The van der Waals surface area contributed by atoms with Gasteiger partial charge in [-0.05, 0) is 37.1 Å². The molecule has 346 valence electrons. The summed E-state index contributed by atoms with van der Waals surface area (Å²) in [5.74, 6) is -1.29. The summed E-state index contributed by atoms with van der Waals surface area (Å²) in [5, 5.41) is 25.4. The minimum Gasteiger partial charge on any atom is -0.486 e. The second kappa shape index (κ2) is 24.0. The van der Waals surface area contributed by atoms with E-state index in [1.54, 1.807) is 28.2 Å². The predicted molar refractivity (Wildman–Crippen MR) is 245 cm³/mol. The number of rotatable bonds is 23. The minimum absolute atomic E-state index is 0.0107. The van der Waals surface area contributed by atoms with Crippen molar-refractivity contribution >= 4 is 57.4 Å². The molecule has 2 aromatic carbocycles. The lowest BCUT2D eigenvalue weighted by Crippen LogP contribution is -2.43. The van der Waals surface area contributed by atoms with Crippen molar-refractivity contribution in [3.8, 4) is 23.0 Å². The number of hydrogen-bond acceptors (Lipinski definition) is 12. The first-order chi connectivity index (χ1) is 30.5. The van der Waals surface area contributed by atoms with Crippen LogP contribution in [0.2, 0.25) is 0 Å². The van der Waals surface area contributed by atoms with E-state index in [2.05, 4.69) is 36.9 Å². The van der Waals surface area contributed by atoms with Gasteiger partial charge in [0.05, 0.1) is 34.3 Å². The van der Waals surface area contributed by atoms with Gasteiger partial charge in [0.1, 0.15) is 26.4 Å². The predicted octanol–water partition coefficient (Wildman–Crippen LogP) is 5.13. The molecule has 6 amide bonds. The highest BCUT2D eigenvalue weighted by Gasteiger charge is 2.40. The zero-order valence-corrected chi connectivity index (χ0v) is 38.0. The van der Waals surface area contributed by atoms with Gasteiger partial charge in [-0.1, -0.05) is 72.2 Å². The number of carbonyl (C=O) groups excluding carboxylic acids is 4. The molecule has 0 spiro atoms. The molecule has 4 rings (SSSR count). The molecule has 2 saturated heterocycles. The molecule has 2 aromatic rings. The molecule has 64 heavy (non-hydrogen) atoms. The highest BCUT2D eigenvalue weighted by atomic mass is 33.1. The van der Waals surface area contributed by atoms with Crippen molar-refractivity contribution in [1.29, 1.82) is 0 Å². The lowest BCUT2D eigenvalue weighted by atomic mass is 10.0. The first kappa shape index (κ1) is 50.4. The van der Waals surface area contributed by atoms with Gasteiger partial charge in [-0.3, -0.25) is 19.2 Å². The number of amides is 6. The number of benzene rings is 2. The van der Waals surface area contributed by atoms with Crippen LogP contribution in [0.15, 0.2) is 74.9 Å². The quantitative estimate of drug-likeness (QED) is 0.0840. The molecular weight excluding hydrogens is 869 g/mol. The maximum absolute atomic E-state index is 13.7. The normalized spacial score (nSPS) is 17.7. The molecule has 2 fully saturated rings. The van der Waals surface area contributed by atoms with E-state index in [9.17, 15) is 39.0 Å². The van der Waals surface area contributed by atoms with Crippen molar-refractivity contribution in [3.05, 3.63) is 97.1 Å². The van der Waals surface area contributed by atoms with Gasteiger partial charge in [0.2, 0.25) is 0 Å². The van der Waals surface area contributed by atoms with Crippen LogP contribution in [0.1, 0.15) is 54.3 Å². The zero-order valence-electron chi connectivity index (χ0n) is 36.4. The second-order valence-electron chi connectivity index (χ2n) is 15.0. The van der Waals surface area contributed by atoms with Gasteiger partial charge in [-0.25, -0.2) is 9.59 Å². The molecule has 0 saturated carbocycles. The highest BCUT2D eigenvalue weighted by Crippen LogP contribution is 2.42. The van der Waals surface area contributed by atoms with Crippen LogP contribution < -0.4 is 29.6 Å². The zero-order chi connectivity index (χ0) is 47.1. The Labute approximate surface area is 380 Å². The third-order valence-electron chi connectivity index (χ3n) is 9.92. The van der Waals surface area contributed by atoms with Gasteiger partial charge in [0, 0.05) is 64.9 Å². The summed E-state index contributed by atoms with van der Waals surface area (Å²) in [6.45, 7) is 15.3. The van der Waals surface area contributed by atoms with E-state index < -0.39 is 47.9 Å². The Bertz CT molecular complexity index is 1950. The Morgan fingerprint density at radius 1 is 0.594 bits per heavy atom. The van der Waals surface area contributed by atoms with Gasteiger partial charge < -0.3 is 59.4 Å². The van der Waals surface area contributed by atoms with Gasteiger partial charge in [-0.2, -0.15) is 0 Å². The van der Waals surface area contributed by atoms with Crippen molar-refractivity contribution in [2.75, 3.05) is 80.8 Å². The molecule has 2 heterocycles. The van der Waals surface area contributed by atoms with Crippen molar-refractivity contribution < 1.29 is 57.9 Å². The Kier molecular flexibility index (Phi) is 18.9. The monoisotopic (exact) mass is 924 g/mol. The van der Waals surface area contributed by atoms with Crippen LogP contribution in [-0.4, -0.2) is 169 Å². The van der Waals surface area contributed by atoms with Crippen molar-refractivity contribution in [2.45, 2.75) is 35.4 Å². The summed E-state index contributed by atoms with van der Waals surface area (Å²) in [4.78, 5) is 83.8. The molecule has 18 nitrogen and oxygen atoms in total. The molecule has 4 unspecified atom stereocenters. The smallest absolute Gasteiger partial charge is 0.407 e. The molecular formula is C44H56N6O12S2.